The average Bonchev–Trinajstić information content (AvgIpc) is 3.16. The van der Waals surface area contributed by atoms with Gasteiger partial charge >= 0.3 is 6.18 Å². The molecule has 1 N–H and O–H groups in total. The number of alkyl halides is 3. The van der Waals surface area contributed by atoms with Gasteiger partial charge in [0, 0.05) is 12.1 Å². The van der Waals surface area contributed by atoms with Crippen molar-refractivity contribution in [2.45, 2.75) is 56.6 Å². The minimum absolute atomic E-state index is 0.0625. The van der Waals surface area contributed by atoms with Crippen molar-refractivity contribution >= 4 is 11.8 Å². The molecule has 8 heteroatoms. The summed E-state index contributed by atoms with van der Waals surface area (Å²) >= 11 is 0. The van der Waals surface area contributed by atoms with Crippen molar-refractivity contribution in [2.75, 3.05) is 6.61 Å². The standard InChI is InChI=1S/C24H25F3N2O3/c25-24(26,27)19-11-7-8-17(14-19)15-28-21(30)20-16-32-23(12-5-2-6-13-23)29(20)22(31)18-9-3-1-4-10-18/h1,3-4,7-11,14,20H,2,5-6,12-13,15-16H2,(H,28,30). The van der Waals surface area contributed by atoms with Crippen LogP contribution in [0.1, 0.15) is 53.6 Å². The minimum Gasteiger partial charge on any atom is -0.353 e. The molecule has 1 saturated carbocycles. The molecule has 2 amide bonds. The highest BCUT2D eigenvalue weighted by Gasteiger charge is 2.52. The van der Waals surface area contributed by atoms with Gasteiger partial charge in [-0.15, -0.1) is 0 Å². The lowest BCUT2D eigenvalue weighted by atomic mass is 9.89. The highest BCUT2D eigenvalue weighted by Crippen LogP contribution is 2.41. The Labute approximate surface area is 184 Å². The number of halogens is 3. The Kier molecular flexibility index (Phi) is 6.24. The fraction of sp³-hybridized carbons (Fsp3) is 0.417. The molecule has 0 radical (unpaired) electrons. The number of rotatable bonds is 4. The lowest BCUT2D eigenvalue weighted by Crippen LogP contribution is -2.56. The van der Waals surface area contributed by atoms with E-state index in [1.54, 1.807) is 29.2 Å². The molecule has 1 spiro atoms. The maximum atomic E-state index is 13.4. The summed E-state index contributed by atoms with van der Waals surface area (Å²) < 4.78 is 45.0. The first kappa shape index (κ1) is 22.3. The average molecular weight is 446 g/mol. The SMILES string of the molecule is O=C(NCc1cccc(C(F)(F)F)c1)C1COC2(CCCCC2)N1C(=O)c1ccccc1. The van der Waals surface area contributed by atoms with Crippen molar-refractivity contribution < 1.29 is 27.5 Å². The molecule has 1 heterocycles. The van der Waals surface area contributed by atoms with E-state index in [0.29, 0.717) is 24.0 Å². The van der Waals surface area contributed by atoms with Gasteiger partial charge in [0.25, 0.3) is 5.91 Å². The maximum Gasteiger partial charge on any atom is 0.416 e. The number of carbonyl (C=O) groups excluding carboxylic acids is 2. The van der Waals surface area contributed by atoms with Crippen LogP contribution >= 0.6 is 0 Å². The fourth-order valence-electron chi connectivity index (χ4n) is 4.56. The van der Waals surface area contributed by atoms with Gasteiger partial charge in [0.1, 0.15) is 11.8 Å². The van der Waals surface area contributed by atoms with Crippen molar-refractivity contribution in [3.63, 3.8) is 0 Å². The second-order valence-corrected chi connectivity index (χ2v) is 8.29. The Morgan fingerprint density at radius 2 is 1.75 bits per heavy atom. The van der Waals surface area contributed by atoms with Gasteiger partial charge in [0.2, 0.25) is 5.91 Å². The number of nitrogens with zero attached hydrogens (tertiary/aromatic N) is 1. The zero-order chi connectivity index (χ0) is 22.8. The summed E-state index contributed by atoms with van der Waals surface area (Å²) in [6.45, 7) is -0.00732. The van der Waals surface area contributed by atoms with Crippen LogP contribution in [0.25, 0.3) is 0 Å². The zero-order valence-electron chi connectivity index (χ0n) is 17.5. The Morgan fingerprint density at radius 1 is 1.03 bits per heavy atom. The summed E-state index contributed by atoms with van der Waals surface area (Å²) in [5.74, 6) is -0.710. The third-order valence-electron chi connectivity index (χ3n) is 6.16. The van der Waals surface area contributed by atoms with E-state index in [2.05, 4.69) is 5.32 Å². The molecule has 1 unspecified atom stereocenters. The molecular formula is C24H25F3N2O3. The van der Waals surface area contributed by atoms with E-state index in [-0.39, 0.29) is 19.1 Å². The molecule has 32 heavy (non-hydrogen) atoms. The van der Waals surface area contributed by atoms with Crippen LogP contribution in [-0.2, 0) is 22.3 Å². The van der Waals surface area contributed by atoms with Gasteiger partial charge in [-0.2, -0.15) is 13.2 Å². The Balaban J connectivity index is 1.53. The van der Waals surface area contributed by atoms with Gasteiger partial charge in [0.05, 0.1) is 12.2 Å². The minimum atomic E-state index is -4.45. The molecule has 2 aromatic rings. The molecule has 4 rings (SSSR count). The van der Waals surface area contributed by atoms with E-state index in [4.69, 9.17) is 4.74 Å². The predicted molar refractivity (Wildman–Crippen MR) is 111 cm³/mol. The van der Waals surface area contributed by atoms with Crippen molar-refractivity contribution in [3.05, 3.63) is 71.3 Å². The molecule has 170 valence electrons. The van der Waals surface area contributed by atoms with Crippen LogP contribution in [0.15, 0.2) is 54.6 Å². The van der Waals surface area contributed by atoms with Crippen LogP contribution in [0.2, 0.25) is 0 Å². The monoisotopic (exact) mass is 446 g/mol. The third-order valence-corrected chi connectivity index (χ3v) is 6.16. The first-order chi connectivity index (χ1) is 15.3. The number of hydrogen-bond acceptors (Lipinski definition) is 3. The Morgan fingerprint density at radius 3 is 2.44 bits per heavy atom. The number of ether oxygens (including phenoxy) is 1. The summed E-state index contributed by atoms with van der Waals surface area (Å²) in [6.07, 6.45) is -0.295. The predicted octanol–water partition coefficient (Wildman–Crippen LogP) is 4.52. The summed E-state index contributed by atoms with van der Waals surface area (Å²) in [5, 5.41) is 2.70. The largest absolute Gasteiger partial charge is 0.416 e. The Hall–Kier alpha value is -2.87. The van der Waals surface area contributed by atoms with E-state index < -0.39 is 29.4 Å². The lowest BCUT2D eigenvalue weighted by Gasteiger charge is -2.41. The molecule has 1 saturated heterocycles. The molecule has 1 aliphatic heterocycles. The van der Waals surface area contributed by atoms with E-state index in [9.17, 15) is 22.8 Å². The molecule has 5 nitrogen and oxygen atoms in total. The molecular weight excluding hydrogens is 421 g/mol. The van der Waals surface area contributed by atoms with Crippen molar-refractivity contribution in [1.29, 1.82) is 0 Å². The topological polar surface area (TPSA) is 58.6 Å². The molecule has 2 fully saturated rings. The number of amides is 2. The molecule has 1 aliphatic carbocycles. The Bertz CT molecular complexity index is 972. The van der Waals surface area contributed by atoms with Gasteiger partial charge in [0.15, 0.2) is 0 Å². The number of carbonyl (C=O) groups is 2. The van der Waals surface area contributed by atoms with Gasteiger partial charge in [-0.25, -0.2) is 0 Å². The smallest absolute Gasteiger partial charge is 0.353 e. The van der Waals surface area contributed by atoms with Gasteiger partial charge in [-0.3, -0.25) is 14.5 Å². The molecule has 1 atom stereocenters. The number of nitrogens with one attached hydrogen (secondary N) is 1. The molecule has 0 aromatic heterocycles. The third kappa shape index (κ3) is 4.50. The van der Waals surface area contributed by atoms with Crippen molar-refractivity contribution in [2.24, 2.45) is 0 Å². The van der Waals surface area contributed by atoms with E-state index >= 15 is 0 Å². The van der Waals surface area contributed by atoms with Crippen LogP contribution in [0, 0.1) is 0 Å². The van der Waals surface area contributed by atoms with E-state index in [0.717, 1.165) is 31.4 Å². The highest BCUT2D eigenvalue weighted by molar-refractivity contribution is 5.98. The van der Waals surface area contributed by atoms with Gasteiger partial charge < -0.3 is 10.1 Å². The normalized spacial score (nSPS) is 20.3. The van der Waals surface area contributed by atoms with Crippen LogP contribution in [0.4, 0.5) is 13.2 Å². The quantitative estimate of drug-likeness (QED) is 0.751. The molecule has 0 bridgehead atoms. The maximum absolute atomic E-state index is 13.4. The zero-order valence-corrected chi connectivity index (χ0v) is 17.5. The van der Waals surface area contributed by atoms with Crippen molar-refractivity contribution in [1.82, 2.24) is 10.2 Å². The van der Waals surface area contributed by atoms with E-state index in [1.165, 1.54) is 12.1 Å². The van der Waals surface area contributed by atoms with Crippen LogP contribution < -0.4 is 5.32 Å². The molecule has 2 aliphatic rings. The summed E-state index contributed by atoms with van der Waals surface area (Å²) in [6, 6.07) is 12.7. The first-order valence-corrected chi connectivity index (χ1v) is 10.8. The van der Waals surface area contributed by atoms with Crippen LogP contribution in [-0.4, -0.2) is 35.1 Å². The summed E-state index contributed by atoms with van der Waals surface area (Å²) in [5.41, 5.74) is -0.779. The first-order valence-electron chi connectivity index (χ1n) is 10.8. The number of hydrogen-bond donors (Lipinski definition) is 1. The van der Waals surface area contributed by atoms with Crippen molar-refractivity contribution in [3.8, 4) is 0 Å². The lowest BCUT2D eigenvalue weighted by molar-refractivity contribution is -0.137. The fourth-order valence-corrected chi connectivity index (χ4v) is 4.56. The van der Waals surface area contributed by atoms with Crippen LogP contribution in [0.5, 0.6) is 0 Å². The van der Waals surface area contributed by atoms with E-state index in [1.807, 2.05) is 6.07 Å². The van der Waals surface area contributed by atoms with Gasteiger partial charge in [-0.1, -0.05) is 36.8 Å². The molecule has 2 aromatic carbocycles. The van der Waals surface area contributed by atoms with Gasteiger partial charge in [-0.05, 0) is 55.5 Å². The highest BCUT2D eigenvalue weighted by atomic mass is 19.4. The summed E-state index contributed by atoms with van der Waals surface area (Å²) in [4.78, 5) is 28.0. The van der Waals surface area contributed by atoms with Crippen LogP contribution in [0.3, 0.4) is 0 Å². The second-order valence-electron chi connectivity index (χ2n) is 8.29. The second kappa shape index (κ2) is 8.94. The number of benzene rings is 2. The summed E-state index contributed by atoms with van der Waals surface area (Å²) in [7, 11) is 0.